The second-order valence-corrected chi connectivity index (χ2v) is 10.5. The maximum atomic E-state index is 13.9. The molecule has 41 heavy (non-hydrogen) atoms. The first-order valence-corrected chi connectivity index (χ1v) is 13.9. The summed E-state index contributed by atoms with van der Waals surface area (Å²) in [5, 5.41) is 8.43. The maximum Gasteiger partial charge on any atom is 0.287 e. The van der Waals surface area contributed by atoms with Gasteiger partial charge in [-0.25, -0.2) is 4.98 Å². The highest BCUT2D eigenvalue weighted by molar-refractivity contribution is 6.13. The summed E-state index contributed by atoms with van der Waals surface area (Å²) in [6.07, 6.45) is 3.50. The Morgan fingerprint density at radius 3 is 2.59 bits per heavy atom. The van der Waals surface area contributed by atoms with E-state index in [1.54, 1.807) is 12.1 Å². The van der Waals surface area contributed by atoms with Gasteiger partial charge in [-0.2, -0.15) is 4.39 Å². The summed E-state index contributed by atoms with van der Waals surface area (Å²) in [6.45, 7) is 4.68. The van der Waals surface area contributed by atoms with Crippen LogP contribution in [0, 0.1) is 5.95 Å². The van der Waals surface area contributed by atoms with E-state index in [-0.39, 0.29) is 17.6 Å². The molecule has 5 aromatic rings. The number of benzene rings is 3. The number of furan rings is 1. The van der Waals surface area contributed by atoms with Crippen molar-refractivity contribution in [3.8, 4) is 11.1 Å². The zero-order valence-electron chi connectivity index (χ0n) is 22.8. The SMILES string of the molecule is CC(=O)Nc1cccc(C2CCN(CCNC(=O)c3cc4cc(-c5ccnc(F)c5)c5ccccc5c4o3)CC2)c1. The number of carbonyl (C=O) groups is 2. The Balaban J connectivity index is 1.09. The Morgan fingerprint density at radius 1 is 1.00 bits per heavy atom. The van der Waals surface area contributed by atoms with Crippen molar-refractivity contribution in [3.05, 3.63) is 96.3 Å². The van der Waals surface area contributed by atoms with Gasteiger partial charge in [0.2, 0.25) is 11.9 Å². The van der Waals surface area contributed by atoms with Crippen molar-refractivity contribution in [2.45, 2.75) is 25.7 Å². The van der Waals surface area contributed by atoms with Crippen LogP contribution < -0.4 is 10.6 Å². The highest BCUT2D eigenvalue weighted by Crippen LogP contribution is 2.36. The molecular formula is C33H31FN4O3. The van der Waals surface area contributed by atoms with E-state index in [4.69, 9.17) is 4.42 Å². The van der Waals surface area contributed by atoms with Crippen molar-refractivity contribution in [1.82, 2.24) is 15.2 Å². The highest BCUT2D eigenvalue weighted by Gasteiger charge is 2.22. The van der Waals surface area contributed by atoms with Gasteiger partial charge in [-0.05, 0) is 84.3 Å². The average Bonchev–Trinajstić information content (AvgIpc) is 3.42. The fourth-order valence-electron chi connectivity index (χ4n) is 5.77. The second-order valence-electron chi connectivity index (χ2n) is 10.5. The Labute approximate surface area is 237 Å². The minimum absolute atomic E-state index is 0.0681. The van der Waals surface area contributed by atoms with E-state index in [2.05, 4.69) is 32.7 Å². The van der Waals surface area contributed by atoms with Gasteiger partial charge in [-0.3, -0.25) is 9.59 Å². The molecule has 3 heterocycles. The number of amides is 2. The first-order valence-electron chi connectivity index (χ1n) is 13.9. The number of nitrogens with one attached hydrogen (secondary N) is 2. The topological polar surface area (TPSA) is 87.5 Å². The number of halogens is 1. The molecule has 2 aromatic heterocycles. The number of likely N-dealkylation sites (tertiary alicyclic amines) is 1. The molecule has 0 saturated carbocycles. The molecule has 7 nitrogen and oxygen atoms in total. The number of anilines is 1. The van der Waals surface area contributed by atoms with Crippen LogP contribution in [0.2, 0.25) is 0 Å². The molecule has 6 rings (SSSR count). The lowest BCUT2D eigenvalue weighted by Gasteiger charge is -2.32. The standard InChI is InChI=1S/C33H31FN4O3/c1-21(39)37-26-6-4-5-23(17-26)22-10-14-38(15-11-22)16-13-36-33(40)30-19-25-18-29(24-9-12-35-31(34)20-24)27-7-2-3-8-28(27)32(25)41-30/h2-9,12,17-20,22H,10-11,13-16H2,1H3,(H,36,40)(H,37,39). The smallest absolute Gasteiger partial charge is 0.287 e. The number of piperidine rings is 1. The van der Waals surface area contributed by atoms with Gasteiger partial charge < -0.3 is 20.0 Å². The number of nitrogens with zero attached hydrogens (tertiary/aromatic N) is 2. The number of pyridine rings is 1. The van der Waals surface area contributed by atoms with E-state index in [1.165, 1.54) is 24.8 Å². The van der Waals surface area contributed by atoms with Gasteiger partial charge in [0.15, 0.2) is 5.76 Å². The van der Waals surface area contributed by atoms with E-state index < -0.39 is 5.95 Å². The van der Waals surface area contributed by atoms with Crippen molar-refractivity contribution >= 4 is 39.2 Å². The molecule has 0 bridgehead atoms. The van der Waals surface area contributed by atoms with Gasteiger partial charge in [0.1, 0.15) is 5.58 Å². The predicted octanol–water partition coefficient (Wildman–Crippen LogP) is 6.35. The third-order valence-corrected chi connectivity index (χ3v) is 7.76. The normalized spacial score (nSPS) is 14.4. The molecule has 0 unspecified atom stereocenters. The van der Waals surface area contributed by atoms with Crippen LogP contribution in [0.3, 0.4) is 0 Å². The van der Waals surface area contributed by atoms with Crippen LogP contribution in [0.25, 0.3) is 32.9 Å². The molecule has 1 aliphatic heterocycles. The third kappa shape index (κ3) is 5.83. The predicted molar refractivity (Wildman–Crippen MR) is 158 cm³/mol. The maximum absolute atomic E-state index is 13.9. The Hall–Kier alpha value is -4.56. The molecule has 2 N–H and O–H groups in total. The number of rotatable bonds is 7. The Bertz CT molecular complexity index is 1740. The molecule has 2 amide bonds. The molecule has 208 valence electrons. The number of hydrogen-bond donors (Lipinski definition) is 2. The lowest BCUT2D eigenvalue weighted by atomic mass is 9.89. The summed E-state index contributed by atoms with van der Waals surface area (Å²) in [5.41, 5.74) is 4.29. The van der Waals surface area contributed by atoms with Crippen LogP contribution in [-0.4, -0.2) is 47.9 Å². The van der Waals surface area contributed by atoms with E-state index in [0.29, 0.717) is 23.6 Å². The van der Waals surface area contributed by atoms with Crippen molar-refractivity contribution < 1.29 is 18.4 Å². The molecule has 0 atom stereocenters. The van der Waals surface area contributed by atoms with Crippen molar-refractivity contribution in [2.75, 3.05) is 31.5 Å². The fraction of sp³-hybridized carbons (Fsp3) is 0.242. The minimum Gasteiger partial charge on any atom is -0.450 e. The van der Waals surface area contributed by atoms with Crippen molar-refractivity contribution in [2.24, 2.45) is 0 Å². The zero-order valence-corrected chi connectivity index (χ0v) is 22.8. The van der Waals surface area contributed by atoms with E-state index >= 15 is 0 Å². The van der Waals surface area contributed by atoms with Gasteiger partial charge in [0, 0.05) is 48.7 Å². The number of hydrogen-bond acceptors (Lipinski definition) is 5. The first-order chi connectivity index (χ1) is 19.9. The van der Waals surface area contributed by atoms with E-state index in [0.717, 1.165) is 59.9 Å². The van der Waals surface area contributed by atoms with Gasteiger partial charge >= 0.3 is 0 Å². The van der Waals surface area contributed by atoms with Crippen molar-refractivity contribution in [3.63, 3.8) is 0 Å². The zero-order chi connectivity index (χ0) is 28.3. The molecule has 3 aromatic carbocycles. The summed E-state index contributed by atoms with van der Waals surface area (Å²) < 4.78 is 19.9. The van der Waals surface area contributed by atoms with Gasteiger partial charge in [0.05, 0.1) is 0 Å². The molecule has 0 radical (unpaired) electrons. The van der Waals surface area contributed by atoms with Crippen LogP contribution in [0.1, 0.15) is 41.8 Å². The van der Waals surface area contributed by atoms with Gasteiger partial charge in [-0.15, -0.1) is 0 Å². The Kier molecular flexibility index (Phi) is 7.48. The third-order valence-electron chi connectivity index (χ3n) is 7.76. The van der Waals surface area contributed by atoms with Gasteiger partial charge in [-0.1, -0.05) is 36.4 Å². The summed E-state index contributed by atoms with van der Waals surface area (Å²) in [6, 6.07) is 22.7. The largest absolute Gasteiger partial charge is 0.450 e. The van der Waals surface area contributed by atoms with Crippen LogP contribution in [-0.2, 0) is 4.79 Å². The average molecular weight is 551 g/mol. The molecule has 8 heteroatoms. The molecule has 0 aliphatic carbocycles. The Morgan fingerprint density at radius 2 is 1.80 bits per heavy atom. The molecule has 1 fully saturated rings. The molecule has 1 aliphatic rings. The summed E-state index contributed by atoms with van der Waals surface area (Å²) in [7, 11) is 0. The van der Waals surface area contributed by atoms with Crippen LogP contribution in [0.4, 0.5) is 10.1 Å². The summed E-state index contributed by atoms with van der Waals surface area (Å²) >= 11 is 0. The second kappa shape index (κ2) is 11.5. The lowest BCUT2D eigenvalue weighted by Crippen LogP contribution is -2.39. The van der Waals surface area contributed by atoms with E-state index in [9.17, 15) is 14.0 Å². The van der Waals surface area contributed by atoms with Gasteiger partial charge in [0.25, 0.3) is 5.91 Å². The van der Waals surface area contributed by atoms with Crippen molar-refractivity contribution in [1.29, 1.82) is 0 Å². The number of fused-ring (bicyclic) bond motifs is 3. The minimum atomic E-state index is -0.542. The summed E-state index contributed by atoms with van der Waals surface area (Å²) in [4.78, 5) is 30.5. The first kappa shape index (κ1) is 26.7. The lowest BCUT2D eigenvalue weighted by molar-refractivity contribution is -0.114. The van der Waals surface area contributed by atoms with Crippen LogP contribution in [0.5, 0.6) is 0 Å². The number of aromatic nitrogens is 1. The fourth-order valence-corrected chi connectivity index (χ4v) is 5.77. The highest BCUT2D eigenvalue weighted by atomic mass is 19.1. The molecular weight excluding hydrogens is 519 g/mol. The number of carbonyl (C=O) groups excluding carboxylic acids is 2. The molecule has 1 saturated heterocycles. The molecule has 0 spiro atoms. The van der Waals surface area contributed by atoms with Crippen LogP contribution in [0.15, 0.2) is 83.4 Å². The van der Waals surface area contributed by atoms with E-state index in [1.807, 2.05) is 42.5 Å². The summed E-state index contributed by atoms with van der Waals surface area (Å²) in [5.74, 6) is -0.165. The quantitative estimate of drug-likeness (QED) is 0.231. The monoisotopic (exact) mass is 550 g/mol. The van der Waals surface area contributed by atoms with Crippen LogP contribution >= 0.6 is 0 Å².